The molecule has 1 N–H and O–H groups in total. The normalized spacial score (nSPS) is 11.6. The molecule has 0 atom stereocenters. The average Bonchev–Trinajstić information content (AvgIpc) is 2.54. The van der Waals surface area contributed by atoms with Crippen molar-refractivity contribution in [2.45, 2.75) is 11.3 Å². The van der Waals surface area contributed by atoms with Crippen LogP contribution < -0.4 is 4.74 Å². The van der Waals surface area contributed by atoms with Crippen LogP contribution in [0.25, 0.3) is 0 Å². The number of halogens is 1. The third-order valence-corrected chi connectivity index (χ3v) is 5.03. The molecule has 0 fully saturated rings. The number of carboxylic acids is 1. The fourth-order valence-electron chi connectivity index (χ4n) is 2.26. The van der Waals surface area contributed by atoms with Gasteiger partial charge < -0.3 is 14.7 Å². The summed E-state index contributed by atoms with van der Waals surface area (Å²) in [5, 5.41) is 9.02. The lowest BCUT2D eigenvalue weighted by Gasteiger charge is -2.14. The Bertz CT molecular complexity index is 908. The van der Waals surface area contributed by atoms with Crippen LogP contribution in [0.15, 0.2) is 41.3 Å². The number of likely N-dealkylation sites (N-methyl/N-ethyl adjacent to an activating group) is 1. The molecule has 2 aromatic rings. The van der Waals surface area contributed by atoms with E-state index in [2.05, 4.69) is 4.90 Å². The van der Waals surface area contributed by atoms with Gasteiger partial charge in [-0.1, -0.05) is 23.7 Å². The van der Waals surface area contributed by atoms with Crippen molar-refractivity contribution in [3.63, 3.8) is 0 Å². The number of carboxylic acid groups (broad SMARTS) is 1. The Labute approximate surface area is 157 Å². The zero-order valence-corrected chi connectivity index (χ0v) is 16.3. The molecule has 0 spiro atoms. The van der Waals surface area contributed by atoms with E-state index in [0.29, 0.717) is 5.75 Å². The summed E-state index contributed by atoms with van der Waals surface area (Å²) < 4.78 is 29.7. The summed E-state index contributed by atoms with van der Waals surface area (Å²) in [4.78, 5) is 13.0. The fraction of sp³-hybridized carbons (Fsp3) is 0.278. The predicted octanol–water partition coefficient (Wildman–Crippen LogP) is 3.34. The van der Waals surface area contributed by atoms with E-state index in [1.165, 1.54) is 6.07 Å². The Morgan fingerprint density at radius 1 is 1.19 bits per heavy atom. The highest BCUT2D eigenvalue weighted by atomic mass is 35.5. The number of aromatic carboxylic acids is 1. The summed E-state index contributed by atoms with van der Waals surface area (Å²) >= 11 is 6.09. The summed E-state index contributed by atoms with van der Waals surface area (Å²) in [6, 6.07) is 9.43. The molecular formula is C18H20ClNO5S. The van der Waals surface area contributed by atoms with Crippen LogP contribution in [0.1, 0.15) is 15.9 Å². The lowest BCUT2D eigenvalue weighted by molar-refractivity contribution is 0.0696. The summed E-state index contributed by atoms with van der Waals surface area (Å²) in [7, 11) is 0.249. The third-order valence-electron chi connectivity index (χ3n) is 3.65. The van der Waals surface area contributed by atoms with Gasteiger partial charge in [0, 0.05) is 12.8 Å². The van der Waals surface area contributed by atoms with Crippen molar-refractivity contribution in [2.24, 2.45) is 0 Å². The number of hydrogen-bond acceptors (Lipinski definition) is 5. The SMILES string of the molecule is CN(C)CCc1ccc(Oc2c(Cl)cc(C(=O)O)cc2S(C)(=O)=O)cc1. The second-order valence-corrected chi connectivity index (χ2v) is 8.55. The molecule has 0 heterocycles. The van der Waals surface area contributed by atoms with Gasteiger partial charge in [-0.3, -0.25) is 0 Å². The molecule has 140 valence electrons. The minimum atomic E-state index is -3.74. The molecule has 2 aromatic carbocycles. The van der Waals surface area contributed by atoms with E-state index < -0.39 is 15.8 Å². The van der Waals surface area contributed by atoms with Gasteiger partial charge in [0.05, 0.1) is 10.6 Å². The standard InChI is InChI=1S/C18H20ClNO5S/c1-20(2)9-8-12-4-6-14(7-5-12)25-17-15(19)10-13(18(21)22)11-16(17)26(3,23)24/h4-7,10-11H,8-9H2,1-3H3,(H,21,22). The zero-order chi connectivity index (χ0) is 19.5. The van der Waals surface area contributed by atoms with Crippen LogP contribution in [-0.4, -0.2) is 51.3 Å². The predicted molar refractivity (Wildman–Crippen MR) is 100 cm³/mol. The average molecular weight is 398 g/mol. The van der Waals surface area contributed by atoms with Gasteiger partial charge in [0.1, 0.15) is 10.6 Å². The molecule has 0 amide bonds. The van der Waals surface area contributed by atoms with Crippen molar-refractivity contribution in [3.05, 3.63) is 52.5 Å². The van der Waals surface area contributed by atoms with Crippen LogP contribution >= 0.6 is 11.6 Å². The van der Waals surface area contributed by atoms with Gasteiger partial charge in [-0.2, -0.15) is 0 Å². The molecule has 0 aliphatic heterocycles. The minimum Gasteiger partial charge on any atom is -0.478 e. The smallest absolute Gasteiger partial charge is 0.335 e. The van der Waals surface area contributed by atoms with Gasteiger partial charge in [-0.25, -0.2) is 13.2 Å². The van der Waals surface area contributed by atoms with Crippen LogP contribution in [0.2, 0.25) is 5.02 Å². The molecule has 0 unspecified atom stereocenters. The van der Waals surface area contributed by atoms with Crippen LogP contribution in [-0.2, 0) is 16.3 Å². The molecule has 0 aliphatic carbocycles. The van der Waals surface area contributed by atoms with E-state index in [1.54, 1.807) is 12.1 Å². The monoisotopic (exact) mass is 397 g/mol. The van der Waals surface area contributed by atoms with Crippen LogP contribution in [0.3, 0.4) is 0 Å². The molecule has 0 saturated carbocycles. The maximum atomic E-state index is 12.0. The summed E-state index contributed by atoms with van der Waals surface area (Å²) in [5.74, 6) is -0.942. The first-order valence-electron chi connectivity index (χ1n) is 7.76. The Hall–Kier alpha value is -2.09. The van der Waals surface area contributed by atoms with Crippen molar-refractivity contribution in [2.75, 3.05) is 26.9 Å². The molecular weight excluding hydrogens is 378 g/mol. The van der Waals surface area contributed by atoms with Gasteiger partial charge in [0.25, 0.3) is 0 Å². The topological polar surface area (TPSA) is 83.9 Å². The van der Waals surface area contributed by atoms with Gasteiger partial charge in [-0.05, 0) is 50.3 Å². The van der Waals surface area contributed by atoms with Gasteiger partial charge in [0.2, 0.25) is 0 Å². The second kappa shape index (κ2) is 8.07. The summed E-state index contributed by atoms with van der Waals surface area (Å²) in [6.07, 6.45) is 1.84. The van der Waals surface area contributed by atoms with E-state index in [0.717, 1.165) is 30.9 Å². The van der Waals surface area contributed by atoms with Crippen LogP contribution in [0.4, 0.5) is 0 Å². The molecule has 2 rings (SSSR count). The lowest BCUT2D eigenvalue weighted by atomic mass is 10.1. The number of benzene rings is 2. The van der Waals surface area contributed by atoms with Crippen molar-refractivity contribution in [3.8, 4) is 11.5 Å². The highest BCUT2D eigenvalue weighted by Crippen LogP contribution is 2.37. The Balaban J connectivity index is 2.35. The number of carbonyl (C=O) groups is 1. The number of ether oxygens (including phenoxy) is 1. The molecule has 8 heteroatoms. The van der Waals surface area contributed by atoms with Crippen molar-refractivity contribution >= 4 is 27.4 Å². The maximum absolute atomic E-state index is 12.0. The van der Waals surface area contributed by atoms with Gasteiger partial charge in [0.15, 0.2) is 15.6 Å². The first-order valence-corrected chi connectivity index (χ1v) is 10.0. The highest BCUT2D eigenvalue weighted by Gasteiger charge is 2.22. The summed E-state index contributed by atoms with van der Waals surface area (Å²) in [6.45, 7) is 0.904. The second-order valence-electron chi connectivity index (χ2n) is 6.16. The van der Waals surface area contributed by atoms with Crippen molar-refractivity contribution in [1.82, 2.24) is 4.90 Å². The largest absolute Gasteiger partial charge is 0.478 e. The van der Waals surface area contributed by atoms with Gasteiger partial charge >= 0.3 is 5.97 Å². The number of hydrogen-bond donors (Lipinski definition) is 1. The van der Waals surface area contributed by atoms with Crippen LogP contribution in [0.5, 0.6) is 11.5 Å². The molecule has 0 bridgehead atoms. The lowest BCUT2D eigenvalue weighted by Crippen LogP contribution is -2.14. The molecule has 0 aliphatic rings. The van der Waals surface area contributed by atoms with Crippen molar-refractivity contribution in [1.29, 1.82) is 0 Å². The maximum Gasteiger partial charge on any atom is 0.335 e. The summed E-state index contributed by atoms with van der Waals surface area (Å²) in [5.41, 5.74) is 0.892. The Morgan fingerprint density at radius 2 is 1.81 bits per heavy atom. The number of rotatable bonds is 7. The number of sulfone groups is 1. The highest BCUT2D eigenvalue weighted by molar-refractivity contribution is 7.90. The third kappa shape index (κ3) is 5.20. The van der Waals surface area contributed by atoms with Crippen LogP contribution in [0, 0.1) is 0 Å². The molecule has 0 aromatic heterocycles. The van der Waals surface area contributed by atoms with E-state index in [-0.39, 0.29) is 21.2 Å². The first kappa shape index (κ1) is 20.2. The molecule has 26 heavy (non-hydrogen) atoms. The number of nitrogens with zero attached hydrogens (tertiary/aromatic N) is 1. The first-order chi connectivity index (χ1) is 12.1. The molecule has 0 radical (unpaired) electrons. The van der Waals surface area contributed by atoms with Gasteiger partial charge in [-0.15, -0.1) is 0 Å². The minimum absolute atomic E-state index is 0.0815. The van der Waals surface area contributed by atoms with E-state index in [4.69, 9.17) is 21.4 Å². The van der Waals surface area contributed by atoms with Crippen molar-refractivity contribution < 1.29 is 23.1 Å². The van der Waals surface area contributed by atoms with E-state index in [1.807, 2.05) is 26.2 Å². The Morgan fingerprint density at radius 3 is 2.31 bits per heavy atom. The fourth-order valence-corrected chi connectivity index (χ4v) is 3.40. The molecule has 0 saturated heterocycles. The van der Waals surface area contributed by atoms with E-state index >= 15 is 0 Å². The molecule has 6 nitrogen and oxygen atoms in total. The zero-order valence-electron chi connectivity index (χ0n) is 14.7. The Kier molecular flexibility index (Phi) is 6.28. The van der Waals surface area contributed by atoms with E-state index in [9.17, 15) is 13.2 Å². The quantitative estimate of drug-likeness (QED) is 0.771.